The fourth-order valence-electron chi connectivity index (χ4n) is 1.05. The van der Waals surface area contributed by atoms with Crippen molar-refractivity contribution in [3.63, 3.8) is 0 Å². The fraction of sp³-hybridized carbons (Fsp3) is 0.455. The van der Waals surface area contributed by atoms with Crippen LogP contribution in [0.1, 0.15) is 29.9 Å². The summed E-state index contributed by atoms with van der Waals surface area (Å²) in [6, 6.07) is 3.35. The molecular formula is C11H15NO3S. The van der Waals surface area contributed by atoms with Gasteiger partial charge in [0.05, 0.1) is 6.10 Å². The lowest BCUT2D eigenvalue weighted by Crippen LogP contribution is -2.15. The largest absolute Gasteiger partial charge is 0.477 e. The number of nitrogens with zero attached hydrogens (tertiary/aromatic N) is 1. The second-order valence-corrected chi connectivity index (χ2v) is 4.98. The molecule has 0 aliphatic rings. The van der Waals surface area contributed by atoms with Crippen LogP contribution in [0.15, 0.2) is 18.3 Å². The zero-order valence-corrected chi connectivity index (χ0v) is 10.1. The number of carboxylic acid groups (broad SMARTS) is 1. The van der Waals surface area contributed by atoms with E-state index in [0.29, 0.717) is 5.75 Å². The van der Waals surface area contributed by atoms with Crippen molar-refractivity contribution in [2.45, 2.75) is 31.0 Å². The summed E-state index contributed by atoms with van der Waals surface area (Å²) in [6.07, 6.45) is 1.12. The van der Waals surface area contributed by atoms with Crippen LogP contribution in [0, 0.1) is 0 Å². The van der Waals surface area contributed by atoms with Gasteiger partial charge in [0.1, 0.15) is 5.69 Å². The molecule has 16 heavy (non-hydrogen) atoms. The first-order valence-corrected chi connectivity index (χ1v) is 6.03. The number of rotatable bonds is 5. The molecule has 0 fully saturated rings. The van der Waals surface area contributed by atoms with Crippen molar-refractivity contribution in [3.05, 3.63) is 29.6 Å². The van der Waals surface area contributed by atoms with Crippen molar-refractivity contribution in [2.75, 3.05) is 0 Å². The SMILES string of the molecule is CC(O)C(C)SCc1ccnc(C(=O)O)c1. The van der Waals surface area contributed by atoms with Crippen molar-refractivity contribution >= 4 is 17.7 Å². The molecule has 0 radical (unpaired) electrons. The van der Waals surface area contributed by atoms with Crippen LogP contribution in [0.2, 0.25) is 0 Å². The number of carbonyl (C=O) groups is 1. The van der Waals surface area contributed by atoms with Crippen LogP contribution in [-0.2, 0) is 5.75 Å². The zero-order valence-electron chi connectivity index (χ0n) is 9.25. The Morgan fingerprint density at radius 1 is 1.56 bits per heavy atom. The van der Waals surface area contributed by atoms with E-state index in [1.165, 1.54) is 6.20 Å². The molecule has 1 aromatic heterocycles. The van der Waals surface area contributed by atoms with E-state index in [9.17, 15) is 9.90 Å². The summed E-state index contributed by atoms with van der Waals surface area (Å²) in [5, 5.41) is 18.2. The second-order valence-electron chi connectivity index (χ2n) is 3.61. The number of hydrogen-bond donors (Lipinski definition) is 2. The summed E-state index contributed by atoms with van der Waals surface area (Å²) in [4.78, 5) is 14.4. The predicted octanol–water partition coefficient (Wildman–Crippen LogP) is 1.78. The van der Waals surface area contributed by atoms with Crippen LogP contribution in [0.25, 0.3) is 0 Å². The molecule has 0 spiro atoms. The van der Waals surface area contributed by atoms with Crippen molar-refractivity contribution in [3.8, 4) is 0 Å². The number of thioether (sulfide) groups is 1. The minimum Gasteiger partial charge on any atom is -0.477 e. The van der Waals surface area contributed by atoms with Gasteiger partial charge in [-0.05, 0) is 24.6 Å². The van der Waals surface area contributed by atoms with Crippen LogP contribution < -0.4 is 0 Å². The molecule has 0 aromatic carbocycles. The molecule has 1 heterocycles. The smallest absolute Gasteiger partial charge is 0.354 e. The van der Waals surface area contributed by atoms with Gasteiger partial charge in [0.15, 0.2) is 0 Å². The Labute approximate surface area is 98.7 Å². The maximum absolute atomic E-state index is 10.7. The van der Waals surface area contributed by atoms with Gasteiger partial charge in [-0.15, -0.1) is 0 Å². The van der Waals surface area contributed by atoms with Crippen LogP contribution in [-0.4, -0.2) is 32.5 Å². The highest BCUT2D eigenvalue weighted by molar-refractivity contribution is 7.99. The van der Waals surface area contributed by atoms with E-state index < -0.39 is 5.97 Å². The van der Waals surface area contributed by atoms with Crippen molar-refractivity contribution in [1.29, 1.82) is 0 Å². The number of aliphatic hydroxyl groups is 1. The van der Waals surface area contributed by atoms with Crippen LogP contribution in [0.4, 0.5) is 0 Å². The zero-order chi connectivity index (χ0) is 12.1. The molecular weight excluding hydrogens is 226 g/mol. The standard InChI is InChI=1S/C11H15NO3S/c1-7(13)8(2)16-6-9-3-4-12-10(5-9)11(14)15/h3-5,7-8,13H,6H2,1-2H3,(H,14,15). The highest BCUT2D eigenvalue weighted by Gasteiger charge is 2.10. The van der Waals surface area contributed by atoms with Crippen molar-refractivity contribution in [1.82, 2.24) is 4.98 Å². The molecule has 2 atom stereocenters. The van der Waals surface area contributed by atoms with Crippen molar-refractivity contribution < 1.29 is 15.0 Å². The van der Waals surface area contributed by atoms with Gasteiger partial charge < -0.3 is 10.2 Å². The Kier molecular flexibility index (Phi) is 4.76. The van der Waals surface area contributed by atoms with E-state index in [2.05, 4.69) is 4.98 Å². The highest BCUT2D eigenvalue weighted by atomic mass is 32.2. The van der Waals surface area contributed by atoms with E-state index >= 15 is 0 Å². The van der Waals surface area contributed by atoms with Crippen molar-refractivity contribution in [2.24, 2.45) is 0 Å². The van der Waals surface area contributed by atoms with E-state index in [4.69, 9.17) is 5.11 Å². The summed E-state index contributed by atoms with van der Waals surface area (Å²) < 4.78 is 0. The lowest BCUT2D eigenvalue weighted by atomic mass is 10.2. The highest BCUT2D eigenvalue weighted by Crippen LogP contribution is 2.20. The number of carboxylic acids is 1. The normalized spacial score (nSPS) is 14.4. The topological polar surface area (TPSA) is 70.4 Å². The summed E-state index contributed by atoms with van der Waals surface area (Å²) in [7, 11) is 0. The molecule has 1 aromatic rings. The van der Waals surface area contributed by atoms with Gasteiger partial charge in [0, 0.05) is 17.2 Å². The van der Waals surface area contributed by atoms with E-state index in [1.54, 1.807) is 30.8 Å². The Hall–Kier alpha value is -1.07. The average Bonchev–Trinajstić information content (AvgIpc) is 2.26. The lowest BCUT2D eigenvalue weighted by Gasteiger charge is -2.13. The molecule has 0 saturated heterocycles. The fourth-order valence-corrected chi connectivity index (χ4v) is 1.96. The third-order valence-electron chi connectivity index (χ3n) is 2.24. The lowest BCUT2D eigenvalue weighted by molar-refractivity contribution is 0.0690. The first-order chi connectivity index (χ1) is 7.50. The van der Waals surface area contributed by atoms with E-state index in [1.807, 2.05) is 6.92 Å². The average molecular weight is 241 g/mol. The monoisotopic (exact) mass is 241 g/mol. The minimum atomic E-state index is -1.02. The predicted molar refractivity (Wildman–Crippen MR) is 63.6 cm³/mol. The molecule has 4 nitrogen and oxygen atoms in total. The number of aliphatic hydroxyl groups excluding tert-OH is 1. The maximum Gasteiger partial charge on any atom is 0.354 e. The molecule has 0 saturated carbocycles. The first-order valence-electron chi connectivity index (χ1n) is 4.98. The van der Waals surface area contributed by atoms with E-state index in [-0.39, 0.29) is 17.0 Å². The van der Waals surface area contributed by atoms with Gasteiger partial charge in [0.2, 0.25) is 0 Å². The van der Waals surface area contributed by atoms with Gasteiger partial charge >= 0.3 is 5.97 Å². The Bertz CT molecular complexity index is 368. The van der Waals surface area contributed by atoms with Crippen LogP contribution in [0.3, 0.4) is 0 Å². The molecule has 0 amide bonds. The van der Waals surface area contributed by atoms with Gasteiger partial charge in [-0.2, -0.15) is 11.8 Å². The molecule has 5 heteroatoms. The van der Waals surface area contributed by atoms with Crippen LogP contribution >= 0.6 is 11.8 Å². The summed E-state index contributed by atoms with van der Waals surface area (Å²) in [5.74, 6) is -0.343. The quantitative estimate of drug-likeness (QED) is 0.822. The van der Waals surface area contributed by atoms with Crippen LogP contribution in [0.5, 0.6) is 0 Å². The van der Waals surface area contributed by atoms with Gasteiger partial charge in [0.25, 0.3) is 0 Å². The molecule has 0 aliphatic heterocycles. The molecule has 2 unspecified atom stereocenters. The first kappa shape index (κ1) is 13.0. The number of pyridine rings is 1. The summed E-state index contributed by atoms with van der Waals surface area (Å²) in [5.41, 5.74) is 0.965. The number of aromatic nitrogens is 1. The third-order valence-corrected chi connectivity index (χ3v) is 3.66. The second kappa shape index (κ2) is 5.86. The maximum atomic E-state index is 10.7. The Morgan fingerprint density at radius 3 is 2.81 bits per heavy atom. The number of aromatic carboxylic acids is 1. The molecule has 0 aliphatic carbocycles. The number of hydrogen-bond acceptors (Lipinski definition) is 4. The summed E-state index contributed by atoms with van der Waals surface area (Å²) in [6.45, 7) is 3.68. The van der Waals surface area contributed by atoms with E-state index in [0.717, 1.165) is 5.56 Å². The summed E-state index contributed by atoms with van der Waals surface area (Å²) >= 11 is 1.59. The van der Waals surface area contributed by atoms with Gasteiger partial charge in [-0.3, -0.25) is 0 Å². The molecule has 2 N–H and O–H groups in total. The van der Waals surface area contributed by atoms with Gasteiger partial charge in [-0.25, -0.2) is 9.78 Å². The molecule has 1 rings (SSSR count). The minimum absolute atomic E-state index is 0.0581. The Balaban J connectivity index is 2.61. The molecule has 0 bridgehead atoms. The van der Waals surface area contributed by atoms with Gasteiger partial charge in [-0.1, -0.05) is 6.92 Å². The Morgan fingerprint density at radius 2 is 2.25 bits per heavy atom. The molecule has 88 valence electrons. The third kappa shape index (κ3) is 3.83.